The van der Waals surface area contributed by atoms with Crippen LogP contribution in [0.5, 0.6) is 11.5 Å². The molecule has 0 saturated carbocycles. The van der Waals surface area contributed by atoms with E-state index in [-0.39, 0.29) is 24.5 Å². The SMILES string of the molecule is O=C(O)c1cc(OCc2ccc(CO)cc2)ccc1O. The first-order chi connectivity index (χ1) is 9.60. The van der Waals surface area contributed by atoms with Crippen LogP contribution in [0.25, 0.3) is 0 Å². The number of aliphatic hydroxyl groups is 1. The minimum Gasteiger partial charge on any atom is -0.507 e. The molecule has 0 atom stereocenters. The Kier molecular flexibility index (Phi) is 4.22. The molecule has 20 heavy (non-hydrogen) atoms. The molecule has 0 aliphatic carbocycles. The van der Waals surface area contributed by atoms with Crippen molar-refractivity contribution in [3.05, 3.63) is 59.2 Å². The summed E-state index contributed by atoms with van der Waals surface area (Å²) in [5.41, 5.74) is 1.51. The average Bonchev–Trinajstić information content (AvgIpc) is 2.46. The second-order valence-electron chi connectivity index (χ2n) is 4.25. The zero-order valence-corrected chi connectivity index (χ0v) is 10.6. The second kappa shape index (κ2) is 6.08. The number of aromatic carboxylic acids is 1. The minimum atomic E-state index is -1.21. The van der Waals surface area contributed by atoms with Crippen LogP contribution in [0, 0.1) is 0 Å². The van der Waals surface area contributed by atoms with Crippen molar-refractivity contribution < 1.29 is 24.9 Å². The molecule has 0 spiro atoms. The number of hydrogen-bond donors (Lipinski definition) is 3. The van der Waals surface area contributed by atoms with Gasteiger partial charge in [-0.05, 0) is 29.3 Å². The lowest BCUT2D eigenvalue weighted by molar-refractivity contribution is 0.0693. The van der Waals surface area contributed by atoms with Gasteiger partial charge in [-0.25, -0.2) is 4.79 Å². The Morgan fingerprint density at radius 2 is 1.70 bits per heavy atom. The molecule has 0 radical (unpaired) electrons. The van der Waals surface area contributed by atoms with E-state index in [9.17, 15) is 9.90 Å². The van der Waals surface area contributed by atoms with Gasteiger partial charge in [-0.15, -0.1) is 0 Å². The molecule has 3 N–H and O–H groups in total. The Labute approximate surface area is 115 Å². The monoisotopic (exact) mass is 274 g/mol. The highest BCUT2D eigenvalue weighted by Crippen LogP contribution is 2.23. The fourth-order valence-corrected chi connectivity index (χ4v) is 1.68. The van der Waals surface area contributed by atoms with Gasteiger partial charge in [0.05, 0.1) is 6.61 Å². The Hall–Kier alpha value is -2.53. The molecular weight excluding hydrogens is 260 g/mol. The van der Waals surface area contributed by atoms with Crippen molar-refractivity contribution in [3.8, 4) is 11.5 Å². The Bertz CT molecular complexity index is 604. The third kappa shape index (κ3) is 3.27. The van der Waals surface area contributed by atoms with Crippen molar-refractivity contribution in [1.29, 1.82) is 0 Å². The van der Waals surface area contributed by atoms with Crippen molar-refractivity contribution in [1.82, 2.24) is 0 Å². The fourth-order valence-electron chi connectivity index (χ4n) is 1.68. The molecule has 0 amide bonds. The maximum absolute atomic E-state index is 10.9. The van der Waals surface area contributed by atoms with Gasteiger partial charge in [0, 0.05) is 0 Å². The van der Waals surface area contributed by atoms with E-state index in [1.54, 1.807) is 12.1 Å². The summed E-state index contributed by atoms with van der Waals surface area (Å²) in [5, 5.41) is 27.2. The lowest BCUT2D eigenvalue weighted by Gasteiger charge is -2.08. The highest BCUT2D eigenvalue weighted by Gasteiger charge is 2.10. The lowest BCUT2D eigenvalue weighted by atomic mass is 10.1. The number of aromatic hydroxyl groups is 1. The lowest BCUT2D eigenvalue weighted by Crippen LogP contribution is -2.00. The first-order valence-corrected chi connectivity index (χ1v) is 5.98. The quantitative estimate of drug-likeness (QED) is 0.777. The number of phenols is 1. The van der Waals surface area contributed by atoms with Crippen LogP contribution in [-0.2, 0) is 13.2 Å². The highest BCUT2D eigenvalue weighted by molar-refractivity contribution is 5.91. The summed E-state index contributed by atoms with van der Waals surface area (Å²) in [4.78, 5) is 10.9. The van der Waals surface area contributed by atoms with Gasteiger partial charge in [0.25, 0.3) is 0 Å². The molecule has 5 nitrogen and oxygen atoms in total. The van der Waals surface area contributed by atoms with Crippen molar-refractivity contribution in [3.63, 3.8) is 0 Å². The average molecular weight is 274 g/mol. The fraction of sp³-hybridized carbons (Fsp3) is 0.133. The number of aliphatic hydroxyl groups excluding tert-OH is 1. The van der Waals surface area contributed by atoms with E-state index < -0.39 is 5.97 Å². The number of benzene rings is 2. The maximum atomic E-state index is 10.9. The molecule has 0 aromatic heterocycles. The predicted molar refractivity (Wildman–Crippen MR) is 71.8 cm³/mol. The van der Waals surface area contributed by atoms with Crippen molar-refractivity contribution in [2.75, 3.05) is 0 Å². The summed E-state index contributed by atoms with van der Waals surface area (Å²) >= 11 is 0. The number of ether oxygens (including phenoxy) is 1. The highest BCUT2D eigenvalue weighted by atomic mass is 16.5. The van der Waals surface area contributed by atoms with Crippen molar-refractivity contribution >= 4 is 5.97 Å². The number of carbonyl (C=O) groups is 1. The summed E-state index contributed by atoms with van der Waals surface area (Å²) < 4.78 is 5.47. The van der Waals surface area contributed by atoms with E-state index in [1.807, 2.05) is 12.1 Å². The molecular formula is C15H14O5. The smallest absolute Gasteiger partial charge is 0.339 e. The first-order valence-electron chi connectivity index (χ1n) is 5.98. The van der Waals surface area contributed by atoms with E-state index in [0.717, 1.165) is 11.1 Å². The summed E-state index contributed by atoms with van der Waals surface area (Å²) in [6, 6.07) is 11.3. The number of rotatable bonds is 5. The minimum absolute atomic E-state index is 0.0128. The third-order valence-electron chi connectivity index (χ3n) is 2.81. The molecule has 2 aromatic carbocycles. The molecule has 0 fully saturated rings. The molecule has 0 heterocycles. The van der Waals surface area contributed by atoms with Crippen LogP contribution in [0.3, 0.4) is 0 Å². The van der Waals surface area contributed by atoms with Crippen LogP contribution < -0.4 is 4.74 Å². The topological polar surface area (TPSA) is 87.0 Å². The summed E-state index contributed by atoms with van der Waals surface area (Å²) in [6.07, 6.45) is 0. The van der Waals surface area contributed by atoms with E-state index >= 15 is 0 Å². The van der Waals surface area contributed by atoms with Gasteiger partial charge >= 0.3 is 5.97 Å². The predicted octanol–water partition coefficient (Wildman–Crippen LogP) is 2.16. The molecule has 0 saturated heterocycles. The van der Waals surface area contributed by atoms with Gasteiger partial charge < -0.3 is 20.1 Å². The molecule has 0 bridgehead atoms. The standard InChI is InChI=1S/C15H14O5/c16-8-10-1-3-11(4-2-10)9-20-12-5-6-14(17)13(7-12)15(18)19/h1-7,16-17H,8-9H2,(H,18,19). The van der Waals surface area contributed by atoms with Crippen LogP contribution in [0.4, 0.5) is 0 Å². The van der Waals surface area contributed by atoms with E-state index in [2.05, 4.69) is 0 Å². The van der Waals surface area contributed by atoms with Gasteiger partial charge in [-0.3, -0.25) is 0 Å². The third-order valence-corrected chi connectivity index (χ3v) is 2.81. The van der Waals surface area contributed by atoms with E-state index in [4.69, 9.17) is 14.9 Å². The van der Waals surface area contributed by atoms with Crippen LogP contribution in [0.2, 0.25) is 0 Å². The van der Waals surface area contributed by atoms with Gasteiger partial charge in [0.15, 0.2) is 0 Å². The number of carboxylic acid groups (broad SMARTS) is 1. The van der Waals surface area contributed by atoms with Gasteiger partial charge in [-0.1, -0.05) is 24.3 Å². The molecule has 2 aromatic rings. The van der Waals surface area contributed by atoms with Gasteiger partial charge in [-0.2, -0.15) is 0 Å². The summed E-state index contributed by atoms with van der Waals surface area (Å²) in [5.74, 6) is -1.14. The van der Waals surface area contributed by atoms with Crippen LogP contribution in [0.1, 0.15) is 21.5 Å². The van der Waals surface area contributed by atoms with Crippen LogP contribution in [-0.4, -0.2) is 21.3 Å². The van der Waals surface area contributed by atoms with Gasteiger partial charge in [0.1, 0.15) is 23.7 Å². The molecule has 0 unspecified atom stereocenters. The second-order valence-corrected chi connectivity index (χ2v) is 4.25. The Balaban J connectivity index is 2.06. The van der Waals surface area contributed by atoms with E-state index in [0.29, 0.717) is 5.75 Å². The Morgan fingerprint density at radius 1 is 1.05 bits per heavy atom. The number of hydrogen-bond acceptors (Lipinski definition) is 4. The Morgan fingerprint density at radius 3 is 2.30 bits per heavy atom. The zero-order chi connectivity index (χ0) is 14.5. The summed E-state index contributed by atoms with van der Waals surface area (Å²) in [7, 11) is 0. The molecule has 0 aliphatic heterocycles. The molecule has 104 valence electrons. The van der Waals surface area contributed by atoms with Gasteiger partial charge in [0.2, 0.25) is 0 Å². The van der Waals surface area contributed by atoms with Crippen LogP contribution in [0.15, 0.2) is 42.5 Å². The molecule has 0 aliphatic rings. The first kappa shape index (κ1) is 13.9. The zero-order valence-electron chi connectivity index (χ0n) is 10.6. The maximum Gasteiger partial charge on any atom is 0.339 e. The summed E-state index contributed by atoms with van der Waals surface area (Å²) in [6.45, 7) is 0.261. The van der Waals surface area contributed by atoms with E-state index in [1.165, 1.54) is 18.2 Å². The van der Waals surface area contributed by atoms with Crippen molar-refractivity contribution in [2.24, 2.45) is 0 Å². The van der Waals surface area contributed by atoms with Crippen LogP contribution >= 0.6 is 0 Å². The number of carboxylic acids is 1. The van der Waals surface area contributed by atoms with Crippen molar-refractivity contribution in [2.45, 2.75) is 13.2 Å². The molecule has 2 rings (SSSR count). The normalized spacial score (nSPS) is 10.2. The largest absolute Gasteiger partial charge is 0.507 e. The molecule has 5 heteroatoms.